The Hall–Kier alpha value is -2.39. The SMILES string of the molecule is CN=C(NCCCOCCOC)NCc1nc(-c2ccco2)n[nH]1. The molecule has 0 unspecified atom stereocenters. The number of aromatic amines is 1. The van der Waals surface area contributed by atoms with Crippen LogP contribution in [0.15, 0.2) is 27.8 Å². The fourth-order valence-electron chi connectivity index (χ4n) is 1.90. The van der Waals surface area contributed by atoms with Gasteiger partial charge in [-0.2, -0.15) is 0 Å². The minimum Gasteiger partial charge on any atom is -0.461 e. The van der Waals surface area contributed by atoms with Crippen molar-refractivity contribution in [2.45, 2.75) is 13.0 Å². The lowest BCUT2D eigenvalue weighted by molar-refractivity contribution is 0.0698. The van der Waals surface area contributed by atoms with E-state index in [9.17, 15) is 0 Å². The summed E-state index contributed by atoms with van der Waals surface area (Å²) in [6.07, 6.45) is 2.48. The number of nitrogens with one attached hydrogen (secondary N) is 3. The zero-order chi connectivity index (χ0) is 17.0. The third kappa shape index (κ3) is 6.01. The summed E-state index contributed by atoms with van der Waals surface area (Å²) in [5.74, 6) is 2.57. The van der Waals surface area contributed by atoms with Gasteiger partial charge in [0.05, 0.1) is 26.0 Å². The highest BCUT2D eigenvalue weighted by molar-refractivity contribution is 5.79. The monoisotopic (exact) mass is 336 g/mol. The Bertz CT molecular complexity index is 596. The van der Waals surface area contributed by atoms with Gasteiger partial charge in [-0.15, -0.1) is 5.10 Å². The normalized spacial score (nSPS) is 11.7. The van der Waals surface area contributed by atoms with Crippen molar-refractivity contribution in [3.05, 3.63) is 24.2 Å². The van der Waals surface area contributed by atoms with E-state index in [0.717, 1.165) is 13.0 Å². The minimum atomic E-state index is 0.484. The maximum absolute atomic E-state index is 5.40. The van der Waals surface area contributed by atoms with E-state index in [1.165, 1.54) is 0 Å². The molecular formula is C15H24N6O3. The first-order chi connectivity index (χ1) is 11.8. The predicted molar refractivity (Wildman–Crippen MR) is 89.6 cm³/mol. The van der Waals surface area contributed by atoms with Gasteiger partial charge in [-0.25, -0.2) is 4.98 Å². The lowest BCUT2D eigenvalue weighted by Crippen LogP contribution is -2.37. The summed E-state index contributed by atoms with van der Waals surface area (Å²) in [6, 6.07) is 3.62. The van der Waals surface area contributed by atoms with E-state index in [-0.39, 0.29) is 0 Å². The van der Waals surface area contributed by atoms with Gasteiger partial charge in [-0.1, -0.05) is 0 Å². The van der Waals surface area contributed by atoms with Crippen LogP contribution in [-0.4, -0.2) is 61.7 Å². The molecule has 0 aliphatic rings. The van der Waals surface area contributed by atoms with Gasteiger partial charge in [-0.05, 0) is 18.6 Å². The molecule has 132 valence electrons. The quantitative estimate of drug-likeness (QED) is 0.334. The molecule has 0 aliphatic carbocycles. The van der Waals surface area contributed by atoms with Gasteiger partial charge in [0, 0.05) is 27.3 Å². The largest absolute Gasteiger partial charge is 0.461 e. The van der Waals surface area contributed by atoms with E-state index in [2.05, 4.69) is 30.8 Å². The second-order valence-electron chi connectivity index (χ2n) is 4.89. The molecule has 0 amide bonds. The molecule has 0 aliphatic heterocycles. The summed E-state index contributed by atoms with van der Waals surface area (Å²) >= 11 is 0. The van der Waals surface area contributed by atoms with Crippen molar-refractivity contribution in [2.24, 2.45) is 4.99 Å². The standard InChI is InChI=1S/C15H24N6O3/c1-16-15(17-6-4-7-23-10-9-22-2)18-11-13-19-14(21-20-13)12-5-3-8-24-12/h3,5,8H,4,6-7,9-11H2,1-2H3,(H2,16,17,18)(H,19,20,21). The molecule has 24 heavy (non-hydrogen) atoms. The van der Waals surface area contributed by atoms with E-state index in [1.54, 1.807) is 26.5 Å². The molecule has 0 saturated heterocycles. The number of H-pyrrole nitrogens is 1. The average Bonchev–Trinajstić information content (AvgIpc) is 3.28. The number of hydrogen-bond donors (Lipinski definition) is 3. The van der Waals surface area contributed by atoms with Crippen LogP contribution in [0.2, 0.25) is 0 Å². The first-order valence-corrected chi connectivity index (χ1v) is 7.80. The summed E-state index contributed by atoms with van der Waals surface area (Å²) in [7, 11) is 3.38. The molecule has 2 aromatic rings. The summed E-state index contributed by atoms with van der Waals surface area (Å²) in [6.45, 7) is 3.17. The lowest BCUT2D eigenvalue weighted by Gasteiger charge is -2.10. The molecule has 9 nitrogen and oxygen atoms in total. The second kappa shape index (κ2) is 10.4. The lowest BCUT2D eigenvalue weighted by atomic mass is 10.4. The van der Waals surface area contributed by atoms with Gasteiger partial charge in [0.1, 0.15) is 5.82 Å². The van der Waals surface area contributed by atoms with Crippen molar-refractivity contribution in [3.8, 4) is 11.6 Å². The van der Waals surface area contributed by atoms with Crippen molar-refractivity contribution < 1.29 is 13.9 Å². The van der Waals surface area contributed by atoms with Crippen LogP contribution in [-0.2, 0) is 16.0 Å². The number of methoxy groups -OCH3 is 1. The second-order valence-corrected chi connectivity index (χ2v) is 4.89. The highest BCUT2D eigenvalue weighted by Crippen LogP contribution is 2.13. The molecule has 2 aromatic heterocycles. The van der Waals surface area contributed by atoms with E-state index in [1.807, 2.05) is 6.07 Å². The van der Waals surface area contributed by atoms with Gasteiger partial charge in [0.25, 0.3) is 0 Å². The van der Waals surface area contributed by atoms with E-state index >= 15 is 0 Å². The van der Waals surface area contributed by atoms with Crippen molar-refractivity contribution >= 4 is 5.96 Å². The summed E-state index contributed by atoms with van der Waals surface area (Å²) in [4.78, 5) is 8.52. The summed E-state index contributed by atoms with van der Waals surface area (Å²) < 4.78 is 15.6. The van der Waals surface area contributed by atoms with Gasteiger partial charge in [-0.3, -0.25) is 10.1 Å². The van der Waals surface area contributed by atoms with Crippen LogP contribution in [0.3, 0.4) is 0 Å². The number of rotatable bonds is 10. The Labute approximate surface area is 140 Å². The first-order valence-electron chi connectivity index (χ1n) is 7.80. The van der Waals surface area contributed by atoms with Gasteiger partial charge in [0.2, 0.25) is 5.82 Å². The van der Waals surface area contributed by atoms with E-state index in [4.69, 9.17) is 13.9 Å². The molecule has 0 spiro atoms. The van der Waals surface area contributed by atoms with Crippen molar-refractivity contribution in [2.75, 3.05) is 40.5 Å². The maximum atomic E-state index is 5.40. The molecule has 2 heterocycles. The van der Waals surface area contributed by atoms with Crippen LogP contribution in [0.4, 0.5) is 0 Å². The molecule has 3 N–H and O–H groups in total. The minimum absolute atomic E-state index is 0.484. The number of furan rings is 1. The van der Waals surface area contributed by atoms with Crippen molar-refractivity contribution in [3.63, 3.8) is 0 Å². The number of hydrogen-bond acceptors (Lipinski definition) is 6. The van der Waals surface area contributed by atoms with Gasteiger partial charge in [0.15, 0.2) is 11.7 Å². The molecule has 0 aromatic carbocycles. The molecule has 9 heteroatoms. The van der Waals surface area contributed by atoms with Gasteiger partial charge >= 0.3 is 0 Å². The molecule has 0 bridgehead atoms. The molecule has 0 radical (unpaired) electrons. The van der Waals surface area contributed by atoms with Crippen LogP contribution < -0.4 is 10.6 Å². The Morgan fingerprint density at radius 3 is 3.00 bits per heavy atom. The third-order valence-corrected chi connectivity index (χ3v) is 3.11. The van der Waals surface area contributed by atoms with Crippen LogP contribution in [0.5, 0.6) is 0 Å². The number of ether oxygens (including phenoxy) is 2. The van der Waals surface area contributed by atoms with Crippen LogP contribution in [0, 0.1) is 0 Å². The van der Waals surface area contributed by atoms with E-state index < -0.39 is 0 Å². The summed E-state index contributed by atoms with van der Waals surface area (Å²) in [5.41, 5.74) is 0. The third-order valence-electron chi connectivity index (χ3n) is 3.11. The summed E-state index contributed by atoms with van der Waals surface area (Å²) in [5, 5.41) is 13.4. The predicted octanol–water partition coefficient (Wildman–Crippen LogP) is 0.783. The number of aliphatic imine (C=N–C) groups is 1. The Morgan fingerprint density at radius 1 is 1.33 bits per heavy atom. The molecule has 2 rings (SSSR count). The Morgan fingerprint density at radius 2 is 2.25 bits per heavy atom. The number of aromatic nitrogens is 3. The molecule has 0 saturated carbocycles. The van der Waals surface area contributed by atoms with Crippen LogP contribution in [0.1, 0.15) is 12.2 Å². The highest BCUT2D eigenvalue weighted by atomic mass is 16.5. The van der Waals surface area contributed by atoms with Crippen molar-refractivity contribution in [1.29, 1.82) is 0 Å². The van der Waals surface area contributed by atoms with Crippen molar-refractivity contribution in [1.82, 2.24) is 25.8 Å². The smallest absolute Gasteiger partial charge is 0.216 e. The first kappa shape index (κ1) is 18.0. The molecular weight excluding hydrogens is 312 g/mol. The van der Waals surface area contributed by atoms with E-state index in [0.29, 0.717) is 49.7 Å². The average molecular weight is 336 g/mol. The van der Waals surface area contributed by atoms with Gasteiger partial charge < -0.3 is 24.5 Å². The van der Waals surface area contributed by atoms with Crippen LogP contribution >= 0.6 is 0 Å². The number of guanidine groups is 1. The zero-order valence-electron chi connectivity index (χ0n) is 14.0. The molecule has 0 atom stereocenters. The Kier molecular flexibility index (Phi) is 7.78. The molecule has 0 fully saturated rings. The highest BCUT2D eigenvalue weighted by Gasteiger charge is 2.08. The zero-order valence-corrected chi connectivity index (χ0v) is 14.0. The van der Waals surface area contributed by atoms with Crippen LogP contribution in [0.25, 0.3) is 11.6 Å². The number of nitrogens with zero attached hydrogens (tertiary/aromatic N) is 3. The maximum Gasteiger partial charge on any atom is 0.216 e. The Balaban J connectivity index is 1.65. The topological polar surface area (TPSA) is 110 Å². The fourth-order valence-corrected chi connectivity index (χ4v) is 1.90. The fraction of sp³-hybridized carbons (Fsp3) is 0.533.